The Morgan fingerprint density at radius 1 is 1.42 bits per heavy atom. The molecule has 0 radical (unpaired) electrons. The second-order valence-corrected chi connectivity index (χ2v) is 2.73. The number of isocyanates is 1. The minimum Gasteiger partial charge on any atom is -0.211 e. The molecule has 0 N–H and O–H groups in total. The SMILES string of the molecule is CCc1cc(C)cc(N=C=O)c1. The van der Waals surface area contributed by atoms with Gasteiger partial charge in [0.2, 0.25) is 6.08 Å². The number of aliphatic imine (C=N–C) groups is 1. The van der Waals surface area contributed by atoms with Gasteiger partial charge in [-0.25, -0.2) is 4.79 Å². The van der Waals surface area contributed by atoms with Crippen molar-refractivity contribution in [2.24, 2.45) is 4.99 Å². The lowest BCUT2D eigenvalue weighted by Crippen LogP contribution is -1.81. The lowest BCUT2D eigenvalue weighted by Gasteiger charge is -1.99. The number of carbonyl (C=O) groups excluding carboxylic acids is 1. The Hall–Kier alpha value is -1.40. The Morgan fingerprint density at radius 3 is 2.75 bits per heavy atom. The van der Waals surface area contributed by atoms with Gasteiger partial charge in [-0.3, -0.25) is 0 Å². The number of hydrogen-bond acceptors (Lipinski definition) is 2. The highest BCUT2D eigenvalue weighted by molar-refractivity contribution is 5.51. The molecular weight excluding hydrogens is 150 g/mol. The van der Waals surface area contributed by atoms with Gasteiger partial charge in [0.1, 0.15) is 0 Å². The Morgan fingerprint density at radius 2 is 2.17 bits per heavy atom. The van der Waals surface area contributed by atoms with E-state index in [1.54, 1.807) is 0 Å². The van der Waals surface area contributed by atoms with E-state index < -0.39 is 0 Å². The van der Waals surface area contributed by atoms with E-state index in [0.29, 0.717) is 5.69 Å². The maximum Gasteiger partial charge on any atom is 0.240 e. The van der Waals surface area contributed by atoms with E-state index in [9.17, 15) is 4.79 Å². The summed E-state index contributed by atoms with van der Waals surface area (Å²) < 4.78 is 0. The van der Waals surface area contributed by atoms with E-state index in [4.69, 9.17) is 0 Å². The quantitative estimate of drug-likeness (QED) is 0.484. The Kier molecular flexibility index (Phi) is 2.78. The van der Waals surface area contributed by atoms with E-state index in [1.165, 1.54) is 11.6 Å². The van der Waals surface area contributed by atoms with E-state index in [1.807, 2.05) is 19.1 Å². The van der Waals surface area contributed by atoms with Crippen LogP contribution in [0.15, 0.2) is 23.2 Å². The van der Waals surface area contributed by atoms with Crippen molar-refractivity contribution in [1.82, 2.24) is 0 Å². The summed E-state index contributed by atoms with van der Waals surface area (Å²) in [5.74, 6) is 0. The largest absolute Gasteiger partial charge is 0.240 e. The summed E-state index contributed by atoms with van der Waals surface area (Å²) in [6, 6.07) is 5.85. The van der Waals surface area contributed by atoms with Crippen LogP contribution in [0.3, 0.4) is 0 Å². The van der Waals surface area contributed by atoms with Crippen LogP contribution in [-0.2, 0) is 11.2 Å². The molecular formula is C10H11NO. The molecule has 0 saturated carbocycles. The zero-order valence-electron chi connectivity index (χ0n) is 7.29. The summed E-state index contributed by atoms with van der Waals surface area (Å²) in [5, 5.41) is 0. The first-order valence-electron chi connectivity index (χ1n) is 3.94. The van der Waals surface area contributed by atoms with Gasteiger partial charge in [0.25, 0.3) is 0 Å². The van der Waals surface area contributed by atoms with Gasteiger partial charge in [-0.05, 0) is 36.6 Å². The van der Waals surface area contributed by atoms with Crippen LogP contribution in [0.2, 0.25) is 0 Å². The van der Waals surface area contributed by atoms with Crippen molar-refractivity contribution in [3.8, 4) is 0 Å². The third-order valence-corrected chi connectivity index (χ3v) is 1.70. The standard InChI is InChI=1S/C10H11NO/c1-3-9-4-8(2)5-10(6-9)11-7-12/h4-6H,3H2,1-2H3. The average Bonchev–Trinajstić information content (AvgIpc) is 2.04. The molecule has 0 bridgehead atoms. The molecule has 0 unspecified atom stereocenters. The van der Waals surface area contributed by atoms with Gasteiger partial charge >= 0.3 is 0 Å². The van der Waals surface area contributed by atoms with E-state index in [2.05, 4.69) is 18.0 Å². The van der Waals surface area contributed by atoms with Crippen LogP contribution in [0, 0.1) is 6.92 Å². The zero-order chi connectivity index (χ0) is 8.97. The Labute approximate surface area is 71.9 Å². The summed E-state index contributed by atoms with van der Waals surface area (Å²) in [5.41, 5.74) is 3.02. The maximum absolute atomic E-state index is 9.99. The second kappa shape index (κ2) is 3.84. The van der Waals surface area contributed by atoms with Crippen molar-refractivity contribution in [2.45, 2.75) is 20.3 Å². The minimum absolute atomic E-state index is 0.696. The summed E-state index contributed by atoms with van der Waals surface area (Å²) in [6.07, 6.45) is 2.50. The smallest absolute Gasteiger partial charge is 0.211 e. The fourth-order valence-electron chi connectivity index (χ4n) is 1.16. The summed E-state index contributed by atoms with van der Waals surface area (Å²) in [6.45, 7) is 4.06. The van der Waals surface area contributed by atoms with E-state index in [0.717, 1.165) is 12.0 Å². The number of rotatable bonds is 2. The first kappa shape index (κ1) is 8.69. The predicted octanol–water partition coefficient (Wildman–Crippen LogP) is 2.52. The first-order valence-corrected chi connectivity index (χ1v) is 3.94. The van der Waals surface area contributed by atoms with Crippen LogP contribution in [0.5, 0.6) is 0 Å². The molecule has 0 amide bonds. The fraction of sp³-hybridized carbons (Fsp3) is 0.300. The monoisotopic (exact) mass is 161 g/mol. The second-order valence-electron chi connectivity index (χ2n) is 2.73. The van der Waals surface area contributed by atoms with Gasteiger partial charge in [0.15, 0.2) is 0 Å². The lowest BCUT2D eigenvalue weighted by molar-refractivity contribution is 0.565. The molecule has 0 saturated heterocycles. The molecule has 0 aliphatic rings. The molecule has 0 aliphatic heterocycles. The third-order valence-electron chi connectivity index (χ3n) is 1.70. The first-order chi connectivity index (χ1) is 5.76. The van der Waals surface area contributed by atoms with Gasteiger partial charge < -0.3 is 0 Å². The molecule has 2 heteroatoms. The molecule has 0 fully saturated rings. The molecule has 0 heterocycles. The summed E-state index contributed by atoms with van der Waals surface area (Å²) >= 11 is 0. The highest BCUT2D eigenvalue weighted by Crippen LogP contribution is 2.16. The normalized spacial score (nSPS) is 9.17. The lowest BCUT2D eigenvalue weighted by atomic mass is 10.1. The molecule has 2 nitrogen and oxygen atoms in total. The van der Waals surface area contributed by atoms with Crippen LogP contribution < -0.4 is 0 Å². The molecule has 62 valence electrons. The van der Waals surface area contributed by atoms with Crippen molar-refractivity contribution < 1.29 is 4.79 Å². The molecule has 1 rings (SSSR count). The molecule has 0 atom stereocenters. The van der Waals surface area contributed by atoms with Crippen LogP contribution >= 0.6 is 0 Å². The predicted molar refractivity (Wildman–Crippen MR) is 48.3 cm³/mol. The van der Waals surface area contributed by atoms with Gasteiger partial charge in [0.05, 0.1) is 5.69 Å². The number of benzene rings is 1. The van der Waals surface area contributed by atoms with Crippen LogP contribution in [0.4, 0.5) is 5.69 Å². The Balaban J connectivity index is 3.14. The molecule has 1 aromatic carbocycles. The van der Waals surface area contributed by atoms with Gasteiger partial charge in [0, 0.05) is 0 Å². The van der Waals surface area contributed by atoms with Crippen molar-refractivity contribution in [1.29, 1.82) is 0 Å². The highest BCUT2D eigenvalue weighted by atomic mass is 16.1. The van der Waals surface area contributed by atoms with Crippen molar-refractivity contribution >= 4 is 11.8 Å². The molecule has 12 heavy (non-hydrogen) atoms. The zero-order valence-corrected chi connectivity index (χ0v) is 7.29. The average molecular weight is 161 g/mol. The van der Waals surface area contributed by atoms with Crippen molar-refractivity contribution in [3.63, 3.8) is 0 Å². The highest BCUT2D eigenvalue weighted by Gasteiger charge is 1.94. The molecule has 0 spiro atoms. The van der Waals surface area contributed by atoms with Crippen LogP contribution in [0.1, 0.15) is 18.1 Å². The van der Waals surface area contributed by atoms with Gasteiger partial charge in [-0.15, -0.1) is 0 Å². The van der Waals surface area contributed by atoms with Gasteiger partial charge in [-0.2, -0.15) is 4.99 Å². The van der Waals surface area contributed by atoms with Gasteiger partial charge in [-0.1, -0.05) is 13.0 Å². The van der Waals surface area contributed by atoms with Crippen molar-refractivity contribution in [3.05, 3.63) is 29.3 Å². The van der Waals surface area contributed by atoms with Crippen LogP contribution in [-0.4, -0.2) is 6.08 Å². The van der Waals surface area contributed by atoms with E-state index in [-0.39, 0.29) is 0 Å². The molecule has 0 aromatic heterocycles. The van der Waals surface area contributed by atoms with Crippen molar-refractivity contribution in [2.75, 3.05) is 0 Å². The van der Waals surface area contributed by atoms with Crippen LogP contribution in [0.25, 0.3) is 0 Å². The number of hydrogen-bond donors (Lipinski definition) is 0. The number of nitrogens with zero attached hydrogens (tertiary/aromatic N) is 1. The minimum atomic E-state index is 0.696. The topological polar surface area (TPSA) is 29.4 Å². The Bertz CT molecular complexity index is 325. The maximum atomic E-state index is 9.99. The summed E-state index contributed by atoms with van der Waals surface area (Å²) in [4.78, 5) is 13.6. The third kappa shape index (κ3) is 2.04. The van der Waals surface area contributed by atoms with E-state index >= 15 is 0 Å². The molecule has 0 aliphatic carbocycles. The fourth-order valence-corrected chi connectivity index (χ4v) is 1.16. The molecule has 1 aromatic rings. The number of aryl methyl sites for hydroxylation is 2. The summed E-state index contributed by atoms with van der Waals surface area (Å²) in [7, 11) is 0.